The number of carbonyl (C=O) groups is 1. The van der Waals surface area contributed by atoms with Crippen molar-refractivity contribution >= 4 is 34.9 Å². The van der Waals surface area contributed by atoms with Crippen molar-refractivity contribution < 1.29 is 19.0 Å². The van der Waals surface area contributed by atoms with E-state index >= 15 is 0 Å². The molecule has 12 nitrogen and oxygen atoms in total. The molecule has 0 radical (unpaired) electrons. The van der Waals surface area contributed by atoms with Gasteiger partial charge in [-0.3, -0.25) is 9.80 Å². The summed E-state index contributed by atoms with van der Waals surface area (Å²) in [6.45, 7) is 6.47. The predicted octanol–water partition coefficient (Wildman–Crippen LogP) is 5.71. The van der Waals surface area contributed by atoms with Crippen LogP contribution < -0.4 is 15.0 Å². The number of para-hydroxylation sites is 2. The van der Waals surface area contributed by atoms with Crippen LogP contribution >= 0.6 is 23.2 Å². The summed E-state index contributed by atoms with van der Waals surface area (Å²) in [6.07, 6.45) is 2.49. The van der Waals surface area contributed by atoms with Gasteiger partial charge in [0.2, 0.25) is 5.79 Å². The summed E-state index contributed by atoms with van der Waals surface area (Å²) in [4.78, 5) is 23.2. The molecule has 3 fully saturated rings. The van der Waals surface area contributed by atoms with Gasteiger partial charge in [0.05, 0.1) is 24.8 Å². The summed E-state index contributed by atoms with van der Waals surface area (Å²) >= 11 is 13.2. The van der Waals surface area contributed by atoms with E-state index in [1.54, 1.807) is 30.3 Å². The Labute approximate surface area is 296 Å². The molecule has 1 aromatic heterocycles. The highest BCUT2D eigenvalue weighted by Crippen LogP contribution is 2.45. The zero-order valence-electron chi connectivity index (χ0n) is 27.7. The van der Waals surface area contributed by atoms with Gasteiger partial charge in [0.15, 0.2) is 12.5 Å². The van der Waals surface area contributed by atoms with Crippen LogP contribution in [-0.4, -0.2) is 87.6 Å². The molecule has 0 spiro atoms. The van der Waals surface area contributed by atoms with E-state index in [4.69, 9.17) is 37.4 Å². The van der Waals surface area contributed by atoms with E-state index in [-0.39, 0.29) is 31.3 Å². The Morgan fingerprint density at radius 1 is 1.10 bits per heavy atom. The molecule has 14 heteroatoms. The number of rotatable bonds is 10. The number of aromatic nitrogens is 3. The van der Waals surface area contributed by atoms with Crippen LogP contribution in [0.25, 0.3) is 0 Å². The third kappa shape index (κ3) is 6.27. The van der Waals surface area contributed by atoms with Gasteiger partial charge in [-0.15, -0.1) is 5.01 Å². The zero-order valence-corrected chi connectivity index (χ0v) is 29.2. The number of halogens is 2. The minimum Gasteiger partial charge on any atom is -0.496 e. The maximum absolute atomic E-state index is 14.9. The maximum Gasteiger partial charge on any atom is 0.341 e. The number of hydrazine groups is 1. The molecular weight excluding hydrogens is 667 g/mol. The van der Waals surface area contributed by atoms with E-state index in [1.807, 2.05) is 64.5 Å². The minimum absolute atomic E-state index is 0.137. The Balaban J connectivity index is 1.37. The van der Waals surface area contributed by atoms with Gasteiger partial charge in [-0.25, -0.2) is 19.5 Å². The fraction of sp³-hybridized carbons (Fsp3) is 0.400. The van der Waals surface area contributed by atoms with Gasteiger partial charge in [0.25, 0.3) is 0 Å². The molecule has 3 aliphatic heterocycles. The number of ether oxygens (including phenoxy) is 3. The van der Waals surface area contributed by atoms with Crippen LogP contribution in [-0.2, 0) is 21.8 Å². The number of amides is 2. The second-order valence-corrected chi connectivity index (χ2v) is 13.2. The molecule has 4 aromatic rings. The number of hydrogen-bond acceptors (Lipinski definition) is 9. The van der Waals surface area contributed by atoms with Crippen LogP contribution in [0, 0.1) is 0 Å². The van der Waals surface area contributed by atoms with Gasteiger partial charge in [-0.1, -0.05) is 72.6 Å². The first-order chi connectivity index (χ1) is 23.8. The molecule has 49 heavy (non-hydrogen) atoms. The van der Waals surface area contributed by atoms with Gasteiger partial charge in [0.1, 0.15) is 24.9 Å². The molecule has 4 heterocycles. The van der Waals surface area contributed by atoms with Crippen LogP contribution in [0.3, 0.4) is 0 Å². The molecule has 3 aliphatic rings. The summed E-state index contributed by atoms with van der Waals surface area (Å²) in [5.41, 5.74) is 2.40. The number of hydrogen-bond donors (Lipinski definition) is 1. The number of nitrogens with zero attached hydrogens (tertiary/aromatic N) is 7. The first-order valence-electron chi connectivity index (χ1n) is 16.5. The molecule has 3 saturated heterocycles. The maximum atomic E-state index is 14.9. The second kappa shape index (κ2) is 14.2. The number of methoxy groups -OCH3 is 1. The van der Waals surface area contributed by atoms with E-state index in [2.05, 4.69) is 45.2 Å². The van der Waals surface area contributed by atoms with E-state index in [0.29, 0.717) is 28.7 Å². The highest BCUT2D eigenvalue weighted by Gasteiger charge is 2.58. The van der Waals surface area contributed by atoms with Crippen molar-refractivity contribution in [3.63, 3.8) is 0 Å². The highest BCUT2D eigenvalue weighted by molar-refractivity contribution is 6.35. The van der Waals surface area contributed by atoms with Gasteiger partial charge in [-0.05, 0) is 43.7 Å². The summed E-state index contributed by atoms with van der Waals surface area (Å²) < 4.78 is 21.3. The van der Waals surface area contributed by atoms with Crippen molar-refractivity contribution in [1.29, 1.82) is 0 Å². The number of anilines is 1. The standard InChI is InChI=1S/C35H40Cl2N8O4/c1-4-24(2)44-34(46)43(26-10-6-5-7-11-26)33(42-17-16-38-19-30(42)27-12-8-9-13-31(27)47-3)45(44)32-20-48-35(49-32,21-41-23-39-22-40-41)28-15-14-25(36)18-29(28)37/h5-15,18,22-24,30,32-33,38H,4,16-17,19-21H2,1-3H3. The Kier molecular flexibility index (Phi) is 9.80. The van der Waals surface area contributed by atoms with E-state index in [1.165, 1.54) is 6.33 Å². The van der Waals surface area contributed by atoms with Crippen molar-refractivity contribution in [2.45, 2.75) is 57.2 Å². The molecule has 0 bridgehead atoms. The molecule has 258 valence electrons. The van der Waals surface area contributed by atoms with Crippen molar-refractivity contribution in [2.24, 2.45) is 0 Å². The summed E-state index contributed by atoms with van der Waals surface area (Å²) in [5, 5.41) is 12.7. The van der Waals surface area contributed by atoms with Gasteiger partial charge < -0.3 is 19.5 Å². The molecule has 0 saturated carbocycles. The van der Waals surface area contributed by atoms with Crippen molar-refractivity contribution in [2.75, 3.05) is 38.3 Å². The largest absolute Gasteiger partial charge is 0.496 e. The number of carbonyl (C=O) groups excluding carboxylic acids is 1. The van der Waals surface area contributed by atoms with Crippen molar-refractivity contribution in [3.05, 3.63) is 107 Å². The lowest BCUT2D eigenvalue weighted by atomic mass is 10.0. The summed E-state index contributed by atoms with van der Waals surface area (Å²) in [5.74, 6) is -0.577. The smallest absolute Gasteiger partial charge is 0.341 e. The lowest BCUT2D eigenvalue weighted by Crippen LogP contribution is -2.63. The Morgan fingerprint density at radius 2 is 1.90 bits per heavy atom. The zero-order chi connectivity index (χ0) is 34.1. The minimum atomic E-state index is -1.36. The molecule has 2 amide bonds. The van der Waals surface area contributed by atoms with Crippen LogP contribution in [0.5, 0.6) is 5.75 Å². The van der Waals surface area contributed by atoms with E-state index in [9.17, 15) is 4.79 Å². The first-order valence-corrected chi connectivity index (χ1v) is 17.3. The SMILES string of the molecule is CCC(C)N1C(=O)N(c2ccccc2)C(N2CCNCC2c2ccccc2OC)N1C1COC(Cn2cncn2)(c2ccc(Cl)cc2Cl)O1. The van der Waals surface area contributed by atoms with Gasteiger partial charge in [0, 0.05) is 47.5 Å². The predicted molar refractivity (Wildman–Crippen MR) is 186 cm³/mol. The Morgan fingerprint density at radius 3 is 2.63 bits per heavy atom. The van der Waals surface area contributed by atoms with Crippen molar-refractivity contribution in [1.82, 2.24) is 35.0 Å². The lowest BCUT2D eigenvalue weighted by molar-refractivity contribution is -0.237. The van der Waals surface area contributed by atoms with Gasteiger partial charge >= 0.3 is 6.03 Å². The Hall–Kier alpha value is -3.75. The molecule has 3 aromatic carbocycles. The summed E-state index contributed by atoms with van der Waals surface area (Å²) in [7, 11) is 1.69. The van der Waals surface area contributed by atoms with Crippen LogP contribution in [0.1, 0.15) is 37.4 Å². The highest BCUT2D eigenvalue weighted by atomic mass is 35.5. The Bertz CT molecular complexity index is 1750. The average molecular weight is 708 g/mol. The molecule has 7 rings (SSSR count). The third-order valence-electron chi connectivity index (χ3n) is 9.50. The fourth-order valence-electron chi connectivity index (χ4n) is 7.03. The molecular formula is C35H40Cl2N8O4. The second-order valence-electron chi connectivity index (χ2n) is 12.4. The van der Waals surface area contributed by atoms with E-state index < -0.39 is 18.3 Å². The molecule has 5 unspecified atom stereocenters. The average Bonchev–Trinajstić information content (AvgIpc) is 3.87. The normalized spacial score (nSPS) is 25.7. The van der Waals surface area contributed by atoms with Crippen LogP contribution in [0.15, 0.2) is 85.5 Å². The first kappa shape index (κ1) is 33.7. The van der Waals surface area contributed by atoms with Gasteiger partial charge in [-0.2, -0.15) is 5.10 Å². The number of benzene rings is 3. The topological polar surface area (TPSA) is 100 Å². The fourth-order valence-corrected chi connectivity index (χ4v) is 7.59. The number of urea groups is 1. The number of piperazine rings is 1. The molecule has 0 aliphatic carbocycles. The molecule has 1 N–H and O–H groups in total. The van der Waals surface area contributed by atoms with E-state index in [0.717, 1.165) is 30.0 Å². The van der Waals surface area contributed by atoms with Crippen LogP contribution in [0.2, 0.25) is 10.0 Å². The van der Waals surface area contributed by atoms with Crippen molar-refractivity contribution in [3.8, 4) is 5.75 Å². The third-order valence-corrected chi connectivity index (χ3v) is 10.0. The lowest BCUT2D eigenvalue weighted by Gasteiger charge is -2.47. The number of nitrogens with one attached hydrogen (secondary N) is 1. The summed E-state index contributed by atoms with van der Waals surface area (Å²) in [6, 6.07) is 22.6. The quantitative estimate of drug-likeness (QED) is 0.222. The molecule has 5 atom stereocenters. The monoisotopic (exact) mass is 706 g/mol. The van der Waals surface area contributed by atoms with Crippen LogP contribution in [0.4, 0.5) is 10.5 Å².